The summed E-state index contributed by atoms with van der Waals surface area (Å²) in [7, 11) is 0. The van der Waals surface area contributed by atoms with Crippen molar-refractivity contribution in [2.75, 3.05) is 6.79 Å². The molecule has 1 aromatic carbocycles. The first-order chi connectivity index (χ1) is 8.74. The molecular weight excluding hydrogens is 226 g/mol. The molecule has 0 saturated carbocycles. The number of hydrogen-bond donors (Lipinski definition) is 1. The van der Waals surface area contributed by atoms with Gasteiger partial charge in [-0.05, 0) is 37.5 Å². The Morgan fingerprint density at radius 1 is 1.22 bits per heavy atom. The third-order valence-electron chi connectivity index (χ3n) is 3.51. The monoisotopic (exact) mass is 249 g/mol. The molecule has 0 saturated heterocycles. The van der Waals surface area contributed by atoms with Crippen LogP contribution in [0, 0.1) is 0 Å². The predicted octanol–water partition coefficient (Wildman–Crippen LogP) is 3.64. The summed E-state index contributed by atoms with van der Waals surface area (Å²) in [6.07, 6.45) is 3.62. The average molecular weight is 249 g/mol. The highest BCUT2D eigenvalue weighted by Crippen LogP contribution is 2.34. The smallest absolute Gasteiger partial charge is 0.231 e. The second-order valence-corrected chi connectivity index (χ2v) is 4.89. The Bertz CT molecular complexity index is 392. The van der Waals surface area contributed by atoms with Crippen LogP contribution < -0.4 is 14.8 Å². The molecule has 18 heavy (non-hydrogen) atoms. The summed E-state index contributed by atoms with van der Waals surface area (Å²) in [5, 5.41) is 3.68. The summed E-state index contributed by atoms with van der Waals surface area (Å²) < 4.78 is 10.7. The maximum atomic E-state index is 5.42. The van der Waals surface area contributed by atoms with Crippen molar-refractivity contribution >= 4 is 0 Å². The Morgan fingerprint density at radius 2 is 2.00 bits per heavy atom. The Hall–Kier alpha value is -1.22. The van der Waals surface area contributed by atoms with Gasteiger partial charge in [0.2, 0.25) is 6.79 Å². The molecule has 0 fully saturated rings. The Balaban J connectivity index is 2.02. The van der Waals surface area contributed by atoms with Crippen molar-refractivity contribution in [3.05, 3.63) is 23.8 Å². The van der Waals surface area contributed by atoms with Gasteiger partial charge in [0.15, 0.2) is 11.5 Å². The second kappa shape index (κ2) is 6.10. The Labute approximate surface area is 109 Å². The molecule has 3 heteroatoms. The van der Waals surface area contributed by atoms with Gasteiger partial charge < -0.3 is 14.8 Å². The molecule has 2 rings (SSSR count). The van der Waals surface area contributed by atoms with Crippen LogP contribution in [0.5, 0.6) is 11.5 Å². The molecular formula is C15H23NO2. The van der Waals surface area contributed by atoms with Crippen molar-refractivity contribution in [3.63, 3.8) is 0 Å². The third-order valence-corrected chi connectivity index (χ3v) is 3.51. The average Bonchev–Trinajstić information content (AvgIpc) is 2.85. The first-order valence-electron chi connectivity index (χ1n) is 6.90. The summed E-state index contributed by atoms with van der Waals surface area (Å²) in [5.41, 5.74) is 1.26. The van der Waals surface area contributed by atoms with E-state index in [2.05, 4.69) is 38.2 Å². The standard InChI is InChI=1S/C15H23NO2/c1-4-6-13(5-2)16-11(3)12-7-8-14-15(9-12)18-10-17-14/h7-9,11,13,16H,4-6,10H2,1-3H3. The molecule has 3 nitrogen and oxygen atoms in total. The van der Waals surface area contributed by atoms with E-state index in [-0.39, 0.29) is 0 Å². The second-order valence-electron chi connectivity index (χ2n) is 4.89. The van der Waals surface area contributed by atoms with Crippen LogP contribution in [0.2, 0.25) is 0 Å². The van der Waals surface area contributed by atoms with Crippen molar-refractivity contribution in [1.82, 2.24) is 5.32 Å². The predicted molar refractivity (Wildman–Crippen MR) is 73.1 cm³/mol. The number of nitrogens with one attached hydrogen (secondary N) is 1. The minimum Gasteiger partial charge on any atom is -0.454 e. The van der Waals surface area contributed by atoms with Crippen LogP contribution in [0.25, 0.3) is 0 Å². The number of hydrogen-bond acceptors (Lipinski definition) is 3. The van der Waals surface area contributed by atoms with Gasteiger partial charge in [-0.2, -0.15) is 0 Å². The van der Waals surface area contributed by atoms with Crippen LogP contribution in [-0.4, -0.2) is 12.8 Å². The molecule has 0 aromatic heterocycles. The molecule has 1 aliphatic heterocycles. The summed E-state index contributed by atoms with van der Waals surface area (Å²) in [6.45, 7) is 7.01. The highest BCUT2D eigenvalue weighted by molar-refractivity contribution is 5.45. The summed E-state index contributed by atoms with van der Waals surface area (Å²) in [6, 6.07) is 7.13. The molecule has 1 heterocycles. The van der Waals surface area contributed by atoms with Crippen molar-refractivity contribution in [2.45, 2.75) is 52.1 Å². The first-order valence-corrected chi connectivity index (χ1v) is 6.90. The molecule has 0 spiro atoms. The Kier molecular flexibility index (Phi) is 4.48. The highest BCUT2D eigenvalue weighted by Gasteiger charge is 2.17. The number of benzene rings is 1. The minimum absolute atomic E-state index is 0.341. The fraction of sp³-hybridized carbons (Fsp3) is 0.600. The van der Waals surface area contributed by atoms with E-state index < -0.39 is 0 Å². The SMILES string of the molecule is CCCC(CC)NC(C)c1ccc2c(c1)OCO2. The van der Waals surface area contributed by atoms with Crippen LogP contribution in [0.1, 0.15) is 51.6 Å². The zero-order chi connectivity index (χ0) is 13.0. The van der Waals surface area contributed by atoms with E-state index >= 15 is 0 Å². The summed E-state index contributed by atoms with van der Waals surface area (Å²) in [4.78, 5) is 0. The van der Waals surface area contributed by atoms with Gasteiger partial charge in [0.05, 0.1) is 0 Å². The molecule has 1 aromatic rings. The summed E-state index contributed by atoms with van der Waals surface area (Å²) >= 11 is 0. The van der Waals surface area contributed by atoms with Gasteiger partial charge in [-0.3, -0.25) is 0 Å². The van der Waals surface area contributed by atoms with E-state index in [1.165, 1.54) is 24.8 Å². The van der Waals surface area contributed by atoms with Crippen LogP contribution in [0.3, 0.4) is 0 Å². The maximum Gasteiger partial charge on any atom is 0.231 e. The molecule has 100 valence electrons. The normalized spacial score (nSPS) is 16.6. The quantitative estimate of drug-likeness (QED) is 0.835. The topological polar surface area (TPSA) is 30.5 Å². The van der Waals surface area contributed by atoms with Crippen LogP contribution in [-0.2, 0) is 0 Å². The molecule has 0 radical (unpaired) electrons. The van der Waals surface area contributed by atoms with Crippen molar-refractivity contribution < 1.29 is 9.47 Å². The summed E-state index contributed by atoms with van der Waals surface area (Å²) in [5.74, 6) is 1.72. The minimum atomic E-state index is 0.341. The first kappa shape index (κ1) is 13.2. The van der Waals surface area contributed by atoms with E-state index in [9.17, 15) is 0 Å². The largest absolute Gasteiger partial charge is 0.454 e. The van der Waals surface area contributed by atoms with Gasteiger partial charge in [-0.15, -0.1) is 0 Å². The molecule has 0 bridgehead atoms. The van der Waals surface area contributed by atoms with Crippen LogP contribution >= 0.6 is 0 Å². The number of fused-ring (bicyclic) bond motifs is 1. The van der Waals surface area contributed by atoms with Crippen molar-refractivity contribution in [1.29, 1.82) is 0 Å². The lowest BCUT2D eigenvalue weighted by atomic mass is 10.0. The van der Waals surface area contributed by atoms with E-state index in [1.807, 2.05) is 6.07 Å². The number of ether oxygens (including phenoxy) is 2. The Morgan fingerprint density at radius 3 is 2.72 bits per heavy atom. The van der Waals surface area contributed by atoms with E-state index in [4.69, 9.17) is 9.47 Å². The van der Waals surface area contributed by atoms with Crippen molar-refractivity contribution in [3.8, 4) is 11.5 Å². The van der Waals surface area contributed by atoms with Crippen LogP contribution in [0.4, 0.5) is 0 Å². The van der Waals surface area contributed by atoms with Crippen LogP contribution in [0.15, 0.2) is 18.2 Å². The third kappa shape index (κ3) is 2.96. The van der Waals surface area contributed by atoms with Gasteiger partial charge in [0.25, 0.3) is 0 Å². The molecule has 1 aliphatic rings. The highest BCUT2D eigenvalue weighted by atomic mass is 16.7. The van der Waals surface area contributed by atoms with Gasteiger partial charge in [-0.1, -0.05) is 26.3 Å². The van der Waals surface area contributed by atoms with E-state index in [0.717, 1.165) is 11.5 Å². The molecule has 2 atom stereocenters. The van der Waals surface area contributed by atoms with E-state index in [0.29, 0.717) is 18.9 Å². The van der Waals surface area contributed by atoms with Crippen molar-refractivity contribution in [2.24, 2.45) is 0 Å². The molecule has 1 N–H and O–H groups in total. The van der Waals surface area contributed by atoms with Gasteiger partial charge in [-0.25, -0.2) is 0 Å². The van der Waals surface area contributed by atoms with Gasteiger partial charge in [0, 0.05) is 12.1 Å². The van der Waals surface area contributed by atoms with Gasteiger partial charge >= 0.3 is 0 Å². The lowest BCUT2D eigenvalue weighted by molar-refractivity contribution is 0.174. The lowest BCUT2D eigenvalue weighted by Crippen LogP contribution is -2.30. The zero-order valence-corrected chi connectivity index (χ0v) is 11.5. The fourth-order valence-corrected chi connectivity index (χ4v) is 2.39. The lowest BCUT2D eigenvalue weighted by Gasteiger charge is -2.22. The van der Waals surface area contributed by atoms with Gasteiger partial charge in [0.1, 0.15) is 0 Å². The number of rotatable bonds is 6. The fourth-order valence-electron chi connectivity index (χ4n) is 2.39. The molecule has 2 unspecified atom stereocenters. The molecule has 0 amide bonds. The van der Waals surface area contributed by atoms with E-state index in [1.54, 1.807) is 0 Å². The molecule has 0 aliphatic carbocycles. The zero-order valence-electron chi connectivity index (χ0n) is 11.5. The maximum absolute atomic E-state index is 5.42.